The van der Waals surface area contributed by atoms with E-state index in [0.717, 1.165) is 15.7 Å². The third kappa shape index (κ3) is 3.34. The van der Waals surface area contributed by atoms with Crippen molar-refractivity contribution >= 4 is 32.7 Å². The second kappa shape index (κ2) is 7.40. The quantitative estimate of drug-likeness (QED) is 0.510. The molecule has 2 aromatic carbocycles. The fraction of sp³-hybridized carbons (Fsp3) is 0.100. The Kier molecular flexibility index (Phi) is 3.90. The lowest BCUT2D eigenvalue weighted by atomic mass is 10.1. The van der Waals surface area contributed by atoms with E-state index in [1.165, 1.54) is 17.0 Å². The SMILES string of the molecule is [2H]C([2H])([2H])NC(=O)c1cccc(Cn2cnc3cc(-c4cn[nH]c4Br)ccc3c2=O)c1. The Bertz CT molecular complexity index is 1350. The molecule has 0 saturated heterocycles. The summed E-state index contributed by atoms with van der Waals surface area (Å²) in [6, 6.07) is 11.8. The summed E-state index contributed by atoms with van der Waals surface area (Å²) in [5.74, 6) is -0.705. The van der Waals surface area contributed by atoms with Crippen LogP contribution in [-0.4, -0.2) is 32.6 Å². The molecule has 0 aliphatic rings. The van der Waals surface area contributed by atoms with Gasteiger partial charge in [0, 0.05) is 22.2 Å². The molecule has 8 heteroatoms. The Hall–Kier alpha value is -3.26. The number of nitrogens with zero attached hydrogens (tertiary/aromatic N) is 3. The molecule has 0 atom stereocenters. The molecule has 0 bridgehead atoms. The number of hydrogen-bond acceptors (Lipinski definition) is 4. The van der Waals surface area contributed by atoms with Gasteiger partial charge in [-0.15, -0.1) is 0 Å². The standard InChI is InChI=1S/C20H16BrN5O2/c1-22-19(27)14-4-2-3-12(7-14)10-26-11-23-17-8-13(5-6-15(17)20(26)28)16-9-24-25-18(16)21/h2-9,11H,10H2,1H3,(H,22,27)(H,24,25)/i1D3. The van der Waals surface area contributed by atoms with Gasteiger partial charge >= 0.3 is 0 Å². The second-order valence-corrected chi connectivity index (χ2v) is 6.95. The first-order valence-electron chi connectivity index (χ1n) is 9.81. The van der Waals surface area contributed by atoms with E-state index in [1.807, 2.05) is 17.4 Å². The third-order valence-electron chi connectivity index (χ3n) is 4.38. The number of fused-ring (bicyclic) bond motifs is 1. The zero-order valence-corrected chi connectivity index (χ0v) is 16.0. The topological polar surface area (TPSA) is 92.7 Å². The zero-order chi connectivity index (χ0) is 22.2. The summed E-state index contributed by atoms with van der Waals surface area (Å²) in [5.41, 5.74) is 2.93. The van der Waals surface area contributed by atoms with Crippen molar-refractivity contribution in [1.29, 1.82) is 0 Å². The molecule has 7 nitrogen and oxygen atoms in total. The molecule has 0 saturated carbocycles. The zero-order valence-electron chi connectivity index (χ0n) is 17.4. The van der Waals surface area contributed by atoms with Crippen LogP contribution < -0.4 is 10.9 Å². The maximum atomic E-state index is 12.9. The molecule has 0 fully saturated rings. The van der Waals surface area contributed by atoms with E-state index in [0.29, 0.717) is 16.5 Å². The molecule has 28 heavy (non-hydrogen) atoms. The highest BCUT2D eigenvalue weighted by Crippen LogP contribution is 2.27. The summed E-state index contributed by atoms with van der Waals surface area (Å²) < 4.78 is 23.7. The van der Waals surface area contributed by atoms with Crippen molar-refractivity contribution in [2.24, 2.45) is 0 Å². The third-order valence-corrected chi connectivity index (χ3v) is 4.99. The van der Waals surface area contributed by atoms with Gasteiger partial charge in [0.25, 0.3) is 11.5 Å². The fourth-order valence-corrected chi connectivity index (χ4v) is 3.42. The van der Waals surface area contributed by atoms with Crippen molar-refractivity contribution in [2.75, 3.05) is 6.98 Å². The fourth-order valence-electron chi connectivity index (χ4n) is 2.99. The Balaban J connectivity index is 1.63. The number of aromatic nitrogens is 4. The number of hydrogen-bond donors (Lipinski definition) is 2. The summed E-state index contributed by atoms with van der Waals surface area (Å²) in [7, 11) is 0. The maximum absolute atomic E-state index is 12.9. The highest BCUT2D eigenvalue weighted by Gasteiger charge is 2.10. The number of rotatable bonds is 4. The van der Waals surface area contributed by atoms with Gasteiger partial charge in [0.05, 0.1) is 30.0 Å². The van der Waals surface area contributed by atoms with E-state index in [9.17, 15) is 9.59 Å². The van der Waals surface area contributed by atoms with Crippen LogP contribution >= 0.6 is 15.9 Å². The van der Waals surface area contributed by atoms with Gasteiger partial charge in [-0.25, -0.2) is 4.98 Å². The van der Waals surface area contributed by atoms with Crippen LogP contribution in [0.5, 0.6) is 0 Å². The summed E-state index contributed by atoms with van der Waals surface area (Å²) in [6.45, 7) is -2.39. The highest BCUT2D eigenvalue weighted by molar-refractivity contribution is 9.10. The molecule has 2 aromatic heterocycles. The van der Waals surface area contributed by atoms with Crippen LogP contribution in [0.3, 0.4) is 0 Å². The number of benzene rings is 2. The molecule has 4 aromatic rings. The molecule has 140 valence electrons. The normalized spacial score (nSPS) is 13.0. The molecule has 0 spiro atoms. The number of halogens is 1. The predicted octanol–water partition coefficient (Wildman–Crippen LogP) is 2.96. The summed E-state index contributed by atoms with van der Waals surface area (Å²) in [5, 5.41) is 9.20. The maximum Gasteiger partial charge on any atom is 0.261 e. The minimum absolute atomic E-state index is 0.186. The van der Waals surface area contributed by atoms with Crippen molar-refractivity contribution in [3.8, 4) is 11.1 Å². The van der Waals surface area contributed by atoms with Gasteiger partial charge in [0.1, 0.15) is 4.60 Å². The Labute approximate surface area is 172 Å². The van der Waals surface area contributed by atoms with E-state index in [-0.39, 0.29) is 17.7 Å². The smallest absolute Gasteiger partial charge is 0.261 e. The number of carbonyl (C=O) groups is 1. The average molecular weight is 441 g/mol. The molecule has 2 heterocycles. The van der Waals surface area contributed by atoms with E-state index < -0.39 is 12.9 Å². The Morgan fingerprint density at radius 1 is 1.32 bits per heavy atom. The van der Waals surface area contributed by atoms with Gasteiger partial charge in [-0.3, -0.25) is 19.3 Å². The lowest BCUT2D eigenvalue weighted by Gasteiger charge is -2.09. The molecular weight excluding hydrogens is 422 g/mol. The van der Waals surface area contributed by atoms with Crippen molar-refractivity contribution in [3.05, 3.63) is 81.1 Å². The molecule has 2 N–H and O–H groups in total. The van der Waals surface area contributed by atoms with Gasteiger partial charge in [-0.05, 0) is 51.3 Å². The first kappa shape index (κ1) is 14.8. The van der Waals surface area contributed by atoms with Gasteiger partial charge < -0.3 is 5.32 Å². The van der Waals surface area contributed by atoms with E-state index in [4.69, 9.17) is 4.11 Å². The minimum atomic E-state index is -2.57. The summed E-state index contributed by atoms with van der Waals surface area (Å²) >= 11 is 3.40. The van der Waals surface area contributed by atoms with Gasteiger partial charge in [0.2, 0.25) is 0 Å². The number of carbonyl (C=O) groups excluding carboxylic acids is 1. The molecule has 1 amide bonds. The molecule has 0 radical (unpaired) electrons. The van der Waals surface area contributed by atoms with Crippen LogP contribution in [0.15, 0.2) is 64.4 Å². The average Bonchev–Trinajstić information content (AvgIpc) is 3.15. The van der Waals surface area contributed by atoms with E-state index in [2.05, 4.69) is 31.1 Å². The molecule has 0 aliphatic carbocycles. The van der Waals surface area contributed by atoms with Crippen LogP contribution in [0, 0.1) is 0 Å². The largest absolute Gasteiger partial charge is 0.355 e. The summed E-state index contributed by atoms with van der Waals surface area (Å²) in [6.07, 6.45) is 3.13. The van der Waals surface area contributed by atoms with Gasteiger partial charge in [0.15, 0.2) is 0 Å². The van der Waals surface area contributed by atoms with E-state index in [1.54, 1.807) is 30.5 Å². The lowest BCUT2D eigenvalue weighted by Crippen LogP contribution is -2.22. The molecule has 0 unspecified atom stereocenters. The minimum Gasteiger partial charge on any atom is -0.355 e. The highest BCUT2D eigenvalue weighted by atomic mass is 79.9. The number of amides is 1. The predicted molar refractivity (Wildman–Crippen MR) is 110 cm³/mol. The van der Waals surface area contributed by atoms with Crippen molar-refractivity contribution in [2.45, 2.75) is 6.54 Å². The second-order valence-electron chi connectivity index (χ2n) is 6.16. The Morgan fingerprint density at radius 3 is 3.00 bits per heavy atom. The molecule has 4 rings (SSSR count). The van der Waals surface area contributed by atoms with Crippen molar-refractivity contribution < 1.29 is 8.91 Å². The van der Waals surface area contributed by atoms with Crippen LogP contribution in [-0.2, 0) is 6.54 Å². The van der Waals surface area contributed by atoms with E-state index >= 15 is 0 Å². The number of nitrogens with one attached hydrogen (secondary N) is 2. The van der Waals surface area contributed by atoms with Crippen molar-refractivity contribution in [3.63, 3.8) is 0 Å². The first-order chi connectivity index (χ1) is 14.7. The monoisotopic (exact) mass is 440 g/mol. The van der Waals surface area contributed by atoms with Crippen LogP contribution in [0.2, 0.25) is 0 Å². The van der Waals surface area contributed by atoms with Crippen LogP contribution in [0.4, 0.5) is 0 Å². The number of H-pyrrole nitrogens is 1. The Morgan fingerprint density at radius 2 is 2.21 bits per heavy atom. The van der Waals surface area contributed by atoms with Crippen LogP contribution in [0.1, 0.15) is 20.0 Å². The van der Waals surface area contributed by atoms with Gasteiger partial charge in [-0.2, -0.15) is 5.10 Å². The number of aromatic amines is 1. The molecule has 0 aliphatic heterocycles. The molecular formula is C20H16BrN5O2. The first-order valence-corrected chi connectivity index (χ1v) is 9.10. The summed E-state index contributed by atoms with van der Waals surface area (Å²) in [4.78, 5) is 29.5. The van der Waals surface area contributed by atoms with Crippen molar-refractivity contribution in [1.82, 2.24) is 25.1 Å². The lowest BCUT2D eigenvalue weighted by molar-refractivity contribution is 0.0963. The van der Waals surface area contributed by atoms with Gasteiger partial charge in [-0.1, -0.05) is 18.2 Å². The van der Waals surface area contributed by atoms with Crippen LogP contribution in [0.25, 0.3) is 22.0 Å².